The molecule has 3 aliphatic rings. The van der Waals surface area contributed by atoms with Gasteiger partial charge in [-0.1, -0.05) is 18.5 Å². The van der Waals surface area contributed by atoms with Crippen LogP contribution in [0.3, 0.4) is 0 Å². The van der Waals surface area contributed by atoms with E-state index in [1.165, 1.54) is 32.1 Å². The molecule has 0 spiro atoms. The molecular weight excluding hydrogens is 422 g/mol. The first-order chi connectivity index (χ1) is 15.6. The Kier molecular flexibility index (Phi) is 6.22. The van der Waals surface area contributed by atoms with Crippen molar-refractivity contribution in [2.45, 2.75) is 52.0 Å². The summed E-state index contributed by atoms with van der Waals surface area (Å²) < 4.78 is 0. The third-order valence-electron chi connectivity index (χ3n) is 7.13. The lowest BCUT2D eigenvalue weighted by molar-refractivity contribution is 0.0733. The zero-order valence-corrected chi connectivity index (χ0v) is 19.7. The highest BCUT2D eigenvalue weighted by molar-refractivity contribution is 6.30. The summed E-state index contributed by atoms with van der Waals surface area (Å²) in [4.78, 5) is 30.0. The molecule has 7 heteroatoms. The first-order valence-electron chi connectivity index (χ1n) is 12.0. The van der Waals surface area contributed by atoms with Crippen molar-refractivity contribution in [3.63, 3.8) is 0 Å². The van der Waals surface area contributed by atoms with Crippen molar-refractivity contribution in [1.29, 1.82) is 0 Å². The van der Waals surface area contributed by atoms with E-state index in [0.29, 0.717) is 23.7 Å². The lowest BCUT2D eigenvalue weighted by atomic mass is 9.99. The van der Waals surface area contributed by atoms with E-state index in [9.17, 15) is 4.79 Å². The molecule has 0 saturated carbocycles. The topological polar surface area (TPSA) is 52.6 Å². The second kappa shape index (κ2) is 9.26. The summed E-state index contributed by atoms with van der Waals surface area (Å²) >= 11 is 6.01. The van der Waals surface area contributed by atoms with Gasteiger partial charge in [-0.3, -0.25) is 4.79 Å². The second-order valence-electron chi connectivity index (χ2n) is 9.47. The average Bonchev–Trinajstić information content (AvgIpc) is 2.84. The molecule has 2 aromatic rings. The van der Waals surface area contributed by atoms with E-state index in [-0.39, 0.29) is 5.91 Å². The largest absolute Gasteiger partial charge is 0.356 e. The minimum Gasteiger partial charge on any atom is -0.356 e. The highest BCUT2D eigenvalue weighted by Gasteiger charge is 2.30. The first kappa shape index (κ1) is 21.5. The molecule has 0 bridgehead atoms. The number of anilines is 2. The molecule has 2 fully saturated rings. The smallest absolute Gasteiger partial charge is 0.254 e. The minimum atomic E-state index is 0.0472. The maximum Gasteiger partial charge on any atom is 0.254 e. The number of halogens is 1. The number of fused-ring (bicyclic) bond motifs is 1. The van der Waals surface area contributed by atoms with Crippen molar-refractivity contribution in [3.05, 3.63) is 46.1 Å². The van der Waals surface area contributed by atoms with Gasteiger partial charge >= 0.3 is 0 Å². The highest BCUT2D eigenvalue weighted by Crippen LogP contribution is 2.32. The number of aromatic nitrogens is 2. The number of amides is 1. The van der Waals surface area contributed by atoms with E-state index in [4.69, 9.17) is 21.6 Å². The number of hydrogen-bond acceptors (Lipinski definition) is 5. The molecule has 0 atom stereocenters. The van der Waals surface area contributed by atoms with E-state index in [1.54, 1.807) is 12.1 Å². The van der Waals surface area contributed by atoms with Crippen molar-refractivity contribution in [2.24, 2.45) is 5.92 Å². The van der Waals surface area contributed by atoms with Gasteiger partial charge in [0.25, 0.3) is 5.91 Å². The summed E-state index contributed by atoms with van der Waals surface area (Å²) in [5.41, 5.74) is 2.93. The molecule has 5 rings (SSSR count). The fourth-order valence-electron chi connectivity index (χ4n) is 5.05. The third kappa shape index (κ3) is 4.42. The Morgan fingerprint density at radius 2 is 1.66 bits per heavy atom. The number of hydrogen-bond donors (Lipinski definition) is 0. The molecule has 32 heavy (non-hydrogen) atoms. The molecule has 1 aromatic heterocycles. The predicted octanol–water partition coefficient (Wildman–Crippen LogP) is 4.56. The second-order valence-corrected chi connectivity index (χ2v) is 9.91. The van der Waals surface area contributed by atoms with Gasteiger partial charge in [-0.25, -0.2) is 4.98 Å². The van der Waals surface area contributed by atoms with Gasteiger partial charge in [0.05, 0.1) is 12.2 Å². The zero-order valence-electron chi connectivity index (χ0n) is 18.9. The predicted molar refractivity (Wildman–Crippen MR) is 129 cm³/mol. The van der Waals surface area contributed by atoms with Gasteiger partial charge in [-0.15, -0.1) is 0 Å². The highest BCUT2D eigenvalue weighted by atomic mass is 35.5. The third-order valence-corrected chi connectivity index (χ3v) is 7.38. The summed E-state index contributed by atoms with van der Waals surface area (Å²) in [6.07, 6.45) is 6.84. The Labute approximate surface area is 195 Å². The molecule has 0 radical (unpaired) electrons. The molecule has 4 heterocycles. The van der Waals surface area contributed by atoms with Gasteiger partial charge in [0.1, 0.15) is 5.82 Å². The van der Waals surface area contributed by atoms with Crippen LogP contribution in [0.1, 0.15) is 60.6 Å². The van der Waals surface area contributed by atoms with Crippen molar-refractivity contribution in [1.82, 2.24) is 14.9 Å². The Bertz CT molecular complexity index is 965. The maximum atomic E-state index is 13.2. The van der Waals surface area contributed by atoms with Crippen LogP contribution in [0.15, 0.2) is 24.3 Å². The van der Waals surface area contributed by atoms with E-state index < -0.39 is 0 Å². The van der Waals surface area contributed by atoms with Gasteiger partial charge in [0, 0.05) is 55.3 Å². The van der Waals surface area contributed by atoms with Gasteiger partial charge < -0.3 is 14.7 Å². The van der Waals surface area contributed by atoms with Crippen molar-refractivity contribution in [2.75, 3.05) is 42.5 Å². The Morgan fingerprint density at radius 1 is 0.938 bits per heavy atom. The Balaban J connectivity index is 1.45. The molecule has 2 saturated heterocycles. The fraction of sp³-hybridized carbons (Fsp3) is 0.560. The first-order valence-corrected chi connectivity index (χ1v) is 12.4. The van der Waals surface area contributed by atoms with Crippen LogP contribution in [-0.4, -0.2) is 53.5 Å². The van der Waals surface area contributed by atoms with Gasteiger partial charge in [0.15, 0.2) is 0 Å². The standard InChI is InChI=1S/C25H32ClN5O/c1-18-9-14-30(15-10-18)25-27-22-11-16-31(24(32)19-5-7-20(26)8-6-19)17-21(22)23(28-25)29-12-3-2-4-13-29/h5-8,18H,2-4,9-17H2,1H3. The molecule has 0 aliphatic carbocycles. The normalized spacial score (nSPS) is 19.8. The Hall–Kier alpha value is -2.34. The SMILES string of the molecule is CC1CCN(c2nc3c(c(N4CCCCC4)n2)CN(C(=O)c2ccc(Cl)cc2)CC3)CC1. The van der Waals surface area contributed by atoms with Crippen LogP contribution in [0.5, 0.6) is 0 Å². The Morgan fingerprint density at radius 3 is 2.38 bits per heavy atom. The quantitative estimate of drug-likeness (QED) is 0.682. The summed E-state index contributed by atoms with van der Waals surface area (Å²) in [7, 11) is 0. The van der Waals surface area contributed by atoms with E-state index in [1.807, 2.05) is 17.0 Å². The summed E-state index contributed by atoms with van der Waals surface area (Å²) in [6.45, 7) is 7.70. The van der Waals surface area contributed by atoms with Crippen molar-refractivity contribution < 1.29 is 4.79 Å². The molecule has 170 valence electrons. The molecule has 1 aromatic carbocycles. The minimum absolute atomic E-state index is 0.0472. The molecule has 6 nitrogen and oxygen atoms in total. The lowest BCUT2D eigenvalue weighted by Crippen LogP contribution is -2.40. The lowest BCUT2D eigenvalue weighted by Gasteiger charge is -2.36. The number of rotatable bonds is 3. The molecule has 0 N–H and O–H groups in total. The van der Waals surface area contributed by atoms with E-state index in [2.05, 4.69) is 16.7 Å². The van der Waals surface area contributed by atoms with Crippen LogP contribution >= 0.6 is 11.6 Å². The summed E-state index contributed by atoms with van der Waals surface area (Å²) in [5, 5.41) is 0.644. The molecule has 0 unspecified atom stereocenters. The number of nitrogens with zero attached hydrogens (tertiary/aromatic N) is 5. The van der Waals surface area contributed by atoms with Gasteiger partial charge in [-0.05, 0) is 62.3 Å². The number of carbonyl (C=O) groups excluding carboxylic acids is 1. The molecule has 1 amide bonds. The molecule has 3 aliphatic heterocycles. The van der Waals surface area contributed by atoms with Crippen LogP contribution in [-0.2, 0) is 13.0 Å². The van der Waals surface area contributed by atoms with Crippen LogP contribution in [0.4, 0.5) is 11.8 Å². The van der Waals surface area contributed by atoms with Crippen LogP contribution < -0.4 is 9.80 Å². The van der Waals surface area contributed by atoms with Crippen LogP contribution in [0, 0.1) is 5.92 Å². The summed E-state index contributed by atoms with van der Waals surface area (Å²) in [6, 6.07) is 7.17. The van der Waals surface area contributed by atoms with Crippen LogP contribution in [0.25, 0.3) is 0 Å². The van der Waals surface area contributed by atoms with Crippen molar-refractivity contribution in [3.8, 4) is 0 Å². The monoisotopic (exact) mass is 453 g/mol. The van der Waals surface area contributed by atoms with Crippen LogP contribution in [0.2, 0.25) is 5.02 Å². The summed E-state index contributed by atoms with van der Waals surface area (Å²) in [5.74, 6) is 2.76. The number of carbonyl (C=O) groups is 1. The zero-order chi connectivity index (χ0) is 22.1. The molecular formula is C25H32ClN5O. The van der Waals surface area contributed by atoms with Gasteiger partial charge in [-0.2, -0.15) is 4.98 Å². The van der Waals surface area contributed by atoms with Gasteiger partial charge in [0.2, 0.25) is 5.95 Å². The number of piperidine rings is 2. The number of benzene rings is 1. The van der Waals surface area contributed by atoms with E-state index in [0.717, 1.165) is 61.5 Å². The fourth-order valence-corrected chi connectivity index (χ4v) is 5.18. The van der Waals surface area contributed by atoms with Crippen molar-refractivity contribution >= 4 is 29.3 Å². The average molecular weight is 454 g/mol. The maximum absolute atomic E-state index is 13.2. The van der Waals surface area contributed by atoms with E-state index >= 15 is 0 Å².